The maximum atomic E-state index is 12.0. The molecule has 1 rings (SSSR count). The predicted molar refractivity (Wildman–Crippen MR) is 85.2 cm³/mol. The number of thiazole rings is 1. The third-order valence-electron chi connectivity index (χ3n) is 3.03. The van der Waals surface area contributed by atoms with Gasteiger partial charge in [0.1, 0.15) is 0 Å². The molecule has 20 heavy (non-hydrogen) atoms. The van der Waals surface area contributed by atoms with Gasteiger partial charge in [-0.15, -0.1) is 11.3 Å². The fraction of sp³-hybridized carbons (Fsp3) is 0.714. The van der Waals surface area contributed by atoms with Gasteiger partial charge in [-0.2, -0.15) is 0 Å². The van der Waals surface area contributed by atoms with Gasteiger partial charge in [0.15, 0.2) is 5.13 Å². The fourth-order valence-electron chi connectivity index (χ4n) is 1.92. The number of nitrogens with zero attached hydrogens (tertiary/aromatic N) is 3. The van der Waals surface area contributed by atoms with E-state index in [4.69, 9.17) is 0 Å². The lowest BCUT2D eigenvalue weighted by atomic mass is 10.4. The van der Waals surface area contributed by atoms with E-state index >= 15 is 0 Å². The first-order valence-electron chi connectivity index (χ1n) is 7.25. The molecule has 0 aliphatic rings. The molecule has 0 aliphatic carbocycles. The molecular weight excluding hydrogens is 272 g/mol. The number of likely N-dealkylation sites (N-methyl/N-ethyl adjacent to an activating group) is 2. The zero-order valence-corrected chi connectivity index (χ0v) is 13.8. The monoisotopic (exact) mass is 298 g/mol. The van der Waals surface area contributed by atoms with E-state index in [0.717, 1.165) is 37.7 Å². The van der Waals surface area contributed by atoms with E-state index in [1.165, 1.54) is 4.88 Å². The van der Waals surface area contributed by atoms with Gasteiger partial charge in [-0.25, -0.2) is 4.98 Å². The van der Waals surface area contributed by atoms with Crippen LogP contribution in [0.5, 0.6) is 0 Å². The number of hydrogen-bond donors (Lipinski definition) is 1. The highest BCUT2D eigenvalue weighted by atomic mass is 32.1. The first-order valence-corrected chi connectivity index (χ1v) is 8.07. The molecule has 0 unspecified atom stereocenters. The molecule has 0 aliphatic heterocycles. The Morgan fingerprint density at radius 2 is 2.05 bits per heavy atom. The van der Waals surface area contributed by atoms with Gasteiger partial charge in [0.05, 0.1) is 6.54 Å². The summed E-state index contributed by atoms with van der Waals surface area (Å²) in [4.78, 5) is 21.4. The van der Waals surface area contributed by atoms with Crippen molar-refractivity contribution in [3.05, 3.63) is 11.1 Å². The quantitative estimate of drug-likeness (QED) is 0.760. The molecule has 1 N–H and O–H groups in total. The molecule has 0 bridgehead atoms. The third-order valence-corrected chi connectivity index (χ3v) is 3.97. The zero-order chi connectivity index (χ0) is 15.0. The molecule has 114 valence electrons. The largest absolute Gasteiger partial charge is 0.362 e. The number of nitrogens with one attached hydrogen (secondary N) is 1. The van der Waals surface area contributed by atoms with Crippen molar-refractivity contribution >= 4 is 22.4 Å². The highest BCUT2D eigenvalue weighted by Gasteiger charge is 2.13. The minimum absolute atomic E-state index is 0.186. The summed E-state index contributed by atoms with van der Waals surface area (Å²) in [6.45, 7) is 9.86. The first-order chi connectivity index (χ1) is 9.60. The Hall–Kier alpha value is -1.14. The second-order valence-electron chi connectivity index (χ2n) is 4.80. The van der Waals surface area contributed by atoms with E-state index < -0.39 is 0 Å². The van der Waals surface area contributed by atoms with Crippen LogP contribution in [0, 0.1) is 0 Å². The van der Waals surface area contributed by atoms with Crippen molar-refractivity contribution in [3.63, 3.8) is 0 Å². The minimum Gasteiger partial charge on any atom is -0.362 e. The molecule has 6 heteroatoms. The summed E-state index contributed by atoms with van der Waals surface area (Å²) < 4.78 is 0. The van der Waals surface area contributed by atoms with Crippen molar-refractivity contribution in [2.75, 3.05) is 38.5 Å². The van der Waals surface area contributed by atoms with Gasteiger partial charge in [0.2, 0.25) is 5.91 Å². The standard InChI is InChI=1S/C14H26N4OS/c1-5-8-15-14-16-9-12(20-14)10-17(4)11-13(19)18(6-2)7-3/h9H,5-8,10-11H2,1-4H3,(H,15,16). The molecule has 0 saturated carbocycles. The van der Waals surface area contributed by atoms with E-state index in [2.05, 4.69) is 17.2 Å². The second-order valence-corrected chi connectivity index (χ2v) is 5.91. The Balaban J connectivity index is 2.43. The molecule has 0 radical (unpaired) electrons. The van der Waals surface area contributed by atoms with Crippen LogP contribution in [-0.4, -0.2) is 53.9 Å². The van der Waals surface area contributed by atoms with Gasteiger partial charge in [0.25, 0.3) is 0 Å². The molecule has 1 aromatic rings. The number of hydrogen-bond acceptors (Lipinski definition) is 5. The maximum absolute atomic E-state index is 12.0. The third kappa shape index (κ3) is 5.46. The molecule has 1 amide bonds. The number of aromatic nitrogens is 1. The van der Waals surface area contributed by atoms with E-state index in [0.29, 0.717) is 6.54 Å². The lowest BCUT2D eigenvalue weighted by Crippen LogP contribution is -2.38. The molecule has 0 atom stereocenters. The number of carbonyl (C=O) groups excluding carboxylic acids is 1. The Kier molecular flexibility index (Phi) is 7.54. The Labute approximate surface area is 126 Å². The zero-order valence-electron chi connectivity index (χ0n) is 13.0. The van der Waals surface area contributed by atoms with Gasteiger partial charge in [-0.3, -0.25) is 9.69 Å². The first kappa shape index (κ1) is 16.9. The molecule has 0 spiro atoms. The summed E-state index contributed by atoms with van der Waals surface area (Å²) in [6, 6.07) is 0. The number of rotatable bonds is 9. The number of amides is 1. The highest BCUT2D eigenvalue weighted by molar-refractivity contribution is 7.15. The maximum Gasteiger partial charge on any atom is 0.236 e. The van der Waals surface area contributed by atoms with E-state index in [1.807, 2.05) is 36.9 Å². The summed E-state index contributed by atoms with van der Waals surface area (Å²) in [5, 5.41) is 4.24. The molecule has 0 saturated heterocycles. The van der Waals surface area contributed by atoms with Gasteiger partial charge < -0.3 is 10.2 Å². The van der Waals surface area contributed by atoms with Crippen LogP contribution in [0.3, 0.4) is 0 Å². The smallest absolute Gasteiger partial charge is 0.236 e. The van der Waals surface area contributed by atoms with Crippen LogP contribution < -0.4 is 5.32 Å². The van der Waals surface area contributed by atoms with Crippen molar-refractivity contribution in [1.82, 2.24) is 14.8 Å². The molecular formula is C14H26N4OS. The fourth-order valence-corrected chi connectivity index (χ4v) is 2.84. The van der Waals surface area contributed by atoms with Crippen LogP contribution in [0.15, 0.2) is 6.20 Å². The second kappa shape index (κ2) is 8.92. The molecule has 0 fully saturated rings. The van der Waals surface area contributed by atoms with Crippen LogP contribution in [0.4, 0.5) is 5.13 Å². The molecule has 5 nitrogen and oxygen atoms in total. The molecule has 1 aromatic heterocycles. The van der Waals surface area contributed by atoms with Crippen LogP contribution in [0.2, 0.25) is 0 Å². The molecule has 0 aromatic carbocycles. The summed E-state index contributed by atoms with van der Waals surface area (Å²) in [5.41, 5.74) is 0. The van der Waals surface area contributed by atoms with Crippen LogP contribution >= 0.6 is 11.3 Å². The van der Waals surface area contributed by atoms with Crippen molar-refractivity contribution in [1.29, 1.82) is 0 Å². The van der Waals surface area contributed by atoms with Gasteiger partial charge in [0, 0.05) is 37.3 Å². The summed E-state index contributed by atoms with van der Waals surface area (Å²) in [5.74, 6) is 0.186. The molecule has 1 heterocycles. The topological polar surface area (TPSA) is 48.5 Å². The normalized spacial score (nSPS) is 10.8. The van der Waals surface area contributed by atoms with Crippen molar-refractivity contribution in [2.24, 2.45) is 0 Å². The van der Waals surface area contributed by atoms with Crippen molar-refractivity contribution in [3.8, 4) is 0 Å². The van der Waals surface area contributed by atoms with Crippen LogP contribution in [0.1, 0.15) is 32.1 Å². The van der Waals surface area contributed by atoms with E-state index in [9.17, 15) is 4.79 Å². The Bertz CT molecular complexity index is 404. The number of anilines is 1. The summed E-state index contributed by atoms with van der Waals surface area (Å²) >= 11 is 1.66. The van der Waals surface area contributed by atoms with Crippen LogP contribution in [-0.2, 0) is 11.3 Å². The Morgan fingerprint density at radius 3 is 2.65 bits per heavy atom. The predicted octanol–water partition coefficient (Wildman–Crippen LogP) is 2.27. The summed E-state index contributed by atoms with van der Waals surface area (Å²) in [7, 11) is 1.97. The lowest BCUT2D eigenvalue weighted by molar-refractivity contribution is -0.131. The minimum atomic E-state index is 0.186. The van der Waals surface area contributed by atoms with Crippen LogP contribution in [0.25, 0.3) is 0 Å². The number of carbonyl (C=O) groups is 1. The lowest BCUT2D eigenvalue weighted by Gasteiger charge is -2.22. The highest BCUT2D eigenvalue weighted by Crippen LogP contribution is 2.19. The Morgan fingerprint density at radius 1 is 1.35 bits per heavy atom. The average Bonchev–Trinajstić information content (AvgIpc) is 2.85. The van der Waals surface area contributed by atoms with E-state index in [-0.39, 0.29) is 5.91 Å². The average molecular weight is 298 g/mol. The van der Waals surface area contributed by atoms with Crippen molar-refractivity contribution < 1.29 is 4.79 Å². The SMILES string of the molecule is CCCNc1ncc(CN(C)CC(=O)N(CC)CC)s1. The van der Waals surface area contributed by atoms with Gasteiger partial charge in [-0.1, -0.05) is 6.92 Å². The van der Waals surface area contributed by atoms with Gasteiger partial charge in [-0.05, 0) is 27.3 Å². The van der Waals surface area contributed by atoms with Crippen molar-refractivity contribution in [2.45, 2.75) is 33.7 Å². The summed E-state index contributed by atoms with van der Waals surface area (Å²) in [6.07, 6.45) is 2.98. The van der Waals surface area contributed by atoms with E-state index in [1.54, 1.807) is 11.3 Å². The van der Waals surface area contributed by atoms with Gasteiger partial charge >= 0.3 is 0 Å².